The van der Waals surface area contributed by atoms with E-state index in [0.29, 0.717) is 12.2 Å². The highest BCUT2D eigenvalue weighted by atomic mass is 16.5. The van der Waals surface area contributed by atoms with Crippen LogP contribution in [0.1, 0.15) is 41.7 Å². The van der Waals surface area contributed by atoms with Crippen LogP contribution in [0.4, 0.5) is 0 Å². The Morgan fingerprint density at radius 2 is 2.16 bits per heavy atom. The molecule has 19 heavy (non-hydrogen) atoms. The van der Waals surface area contributed by atoms with Crippen molar-refractivity contribution in [3.05, 3.63) is 29.6 Å². The molecule has 2 heterocycles. The van der Waals surface area contributed by atoms with Gasteiger partial charge >= 0.3 is 5.97 Å². The monoisotopic (exact) mass is 262 g/mol. The van der Waals surface area contributed by atoms with E-state index < -0.39 is 0 Å². The zero-order valence-corrected chi connectivity index (χ0v) is 11.6. The second kappa shape index (κ2) is 7.24. The van der Waals surface area contributed by atoms with E-state index in [9.17, 15) is 4.79 Å². The van der Waals surface area contributed by atoms with Gasteiger partial charge in [-0.25, -0.2) is 4.79 Å². The normalized spacial score (nSPS) is 16.3. The minimum atomic E-state index is -0.260. The van der Waals surface area contributed by atoms with E-state index >= 15 is 0 Å². The van der Waals surface area contributed by atoms with Crippen molar-refractivity contribution in [3.63, 3.8) is 0 Å². The van der Waals surface area contributed by atoms with E-state index in [1.807, 2.05) is 6.92 Å². The molecule has 0 aliphatic carbocycles. The first-order valence-electron chi connectivity index (χ1n) is 7.08. The number of carbonyl (C=O) groups is 1. The number of hydrogen-bond donors (Lipinski definition) is 0. The van der Waals surface area contributed by atoms with Gasteiger partial charge in [-0.3, -0.25) is 4.98 Å². The summed E-state index contributed by atoms with van der Waals surface area (Å²) in [5.41, 5.74) is 1.30. The van der Waals surface area contributed by atoms with Gasteiger partial charge in [0.25, 0.3) is 0 Å². The van der Waals surface area contributed by atoms with Gasteiger partial charge in [-0.05, 0) is 51.4 Å². The second-order valence-corrected chi connectivity index (χ2v) is 5.03. The molecule has 1 saturated heterocycles. The zero-order valence-electron chi connectivity index (χ0n) is 11.6. The third-order valence-corrected chi connectivity index (χ3v) is 3.53. The Balaban J connectivity index is 1.68. The maximum Gasteiger partial charge on any atom is 0.339 e. The van der Waals surface area contributed by atoms with Gasteiger partial charge in [0.15, 0.2) is 0 Å². The molecule has 1 aliphatic heterocycles. The summed E-state index contributed by atoms with van der Waals surface area (Å²) in [6.45, 7) is 5.72. The number of aryl methyl sites for hydroxylation is 1. The molecule has 0 spiro atoms. The second-order valence-electron chi connectivity index (χ2n) is 5.03. The molecule has 0 unspecified atom stereocenters. The SMILES string of the molecule is Cc1ncccc1C(=O)OCCCN1CCCCC1. The maximum absolute atomic E-state index is 11.8. The van der Waals surface area contributed by atoms with Crippen molar-refractivity contribution in [2.24, 2.45) is 0 Å². The smallest absolute Gasteiger partial charge is 0.339 e. The van der Waals surface area contributed by atoms with Gasteiger partial charge in [-0.1, -0.05) is 6.42 Å². The molecule has 1 aliphatic rings. The quantitative estimate of drug-likeness (QED) is 0.604. The number of hydrogen-bond acceptors (Lipinski definition) is 4. The van der Waals surface area contributed by atoms with Gasteiger partial charge in [0.1, 0.15) is 0 Å². The van der Waals surface area contributed by atoms with Crippen LogP contribution in [0.5, 0.6) is 0 Å². The lowest BCUT2D eigenvalue weighted by atomic mass is 10.1. The van der Waals surface area contributed by atoms with Crippen LogP contribution >= 0.6 is 0 Å². The Bertz CT molecular complexity index is 414. The molecule has 1 aromatic rings. The molecular weight excluding hydrogens is 240 g/mol. The largest absolute Gasteiger partial charge is 0.462 e. The van der Waals surface area contributed by atoms with Crippen molar-refractivity contribution in [1.82, 2.24) is 9.88 Å². The number of rotatable bonds is 5. The van der Waals surface area contributed by atoms with Gasteiger partial charge in [-0.2, -0.15) is 0 Å². The van der Waals surface area contributed by atoms with Crippen molar-refractivity contribution in [2.75, 3.05) is 26.2 Å². The van der Waals surface area contributed by atoms with Crippen LogP contribution in [0.2, 0.25) is 0 Å². The molecule has 0 N–H and O–H groups in total. The summed E-state index contributed by atoms with van der Waals surface area (Å²) >= 11 is 0. The van der Waals surface area contributed by atoms with Crippen LogP contribution in [0, 0.1) is 6.92 Å². The lowest BCUT2D eigenvalue weighted by Gasteiger charge is -2.26. The fourth-order valence-electron chi connectivity index (χ4n) is 2.41. The molecule has 2 rings (SSSR count). The molecule has 0 aromatic carbocycles. The van der Waals surface area contributed by atoms with Crippen molar-refractivity contribution in [2.45, 2.75) is 32.6 Å². The molecule has 0 radical (unpaired) electrons. The average molecular weight is 262 g/mol. The Kier molecular flexibility index (Phi) is 5.33. The maximum atomic E-state index is 11.8. The number of pyridine rings is 1. The van der Waals surface area contributed by atoms with E-state index in [-0.39, 0.29) is 5.97 Å². The summed E-state index contributed by atoms with van der Waals surface area (Å²) in [5, 5.41) is 0. The van der Waals surface area contributed by atoms with Crippen molar-refractivity contribution in [3.8, 4) is 0 Å². The van der Waals surface area contributed by atoms with Crippen LogP contribution in [0.3, 0.4) is 0 Å². The fourth-order valence-corrected chi connectivity index (χ4v) is 2.41. The summed E-state index contributed by atoms with van der Waals surface area (Å²) in [4.78, 5) is 18.4. The molecule has 0 atom stereocenters. The highest BCUT2D eigenvalue weighted by Gasteiger charge is 2.12. The van der Waals surface area contributed by atoms with Gasteiger partial charge in [-0.15, -0.1) is 0 Å². The number of aromatic nitrogens is 1. The first-order valence-corrected chi connectivity index (χ1v) is 7.08. The van der Waals surface area contributed by atoms with E-state index in [1.54, 1.807) is 18.3 Å². The topological polar surface area (TPSA) is 42.4 Å². The highest BCUT2D eigenvalue weighted by Crippen LogP contribution is 2.09. The standard InChI is InChI=1S/C15H22N2O2/c1-13-14(7-5-8-16-13)15(18)19-12-6-11-17-9-3-2-4-10-17/h5,7-8H,2-4,6,9-12H2,1H3. The van der Waals surface area contributed by atoms with Crippen molar-refractivity contribution >= 4 is 5.97 Å². The van der Waals surface area contributed by atoms with Gasteiger partial charge in [0.05, 0.1) is 17.9 Å². The summed E-state index contributed by atoms with van der Waals surface area (Å²) < 4.78 is 5.29. The van der Waals surface area contributed by atoms with Gasteiger partial charge < -0.3 is 9.64 Å². The number of nitrogens with zero attached hydrogens (tertiary/aromatic N) is 2. The Morgan fingerprint density at radius 1 is 1.37 bits per heavy atom. The predicted molar refractivity (Wildman–Crippen MR) is 74.2 cm³/mol. The Hall–Kier alpha value is -1.42. The van der Waals surface area contributed by atoms with E-state index in [4.69, 9.17) is 4.74 Å². The number of piperidine rings is 1. The lowest BCUT2D eigenvalue weighted by Crippen LogP contribution is -2.31. The molecule has 4 nitrogen and oxygen atoms in total. The molecule has 0 saturated carbocycles. The third kappa shape index (κ3) is 4.31. The molecule has 1 fully saturated rings. The molecule has 4 heteroatoms. The number of ether oxygens (including phenoxy) is 1. The Labute approximate surface area is 114 Å². The van der Waals surface area contributed by atoms with E-state index in [2.05, 4.69) is 9.88 Å². The van der Waals surface area contributed by atoms with Crippen LogP contribution < -0.4 is 0 Å². The number of likely N-dealkylation sites (tertiary alicyclic amines) is 1. The molecule has 104 valence electrons. The van der Waals surface area contributed by atoms with Crippen LogP contribution in [-0.2, 0) is 4.74 Å². The number of esters is 1. The van der Waals surface area contributed by atoms with Gasteiger partial charge in [0.2, 0.25) is 0 Å². The van der Waals surface area contributed by atoms with Crippen LogP contribution in [0.15, 0.2) is 18.3 Å². The Morgan fingerprint density at radius 3 is 2.89 bits per heavy atom. The fraction of sp³-hybridized carbons (Fsp3) is 0.600. The van der Waals surface area contributed by atoms with Crippen LogP contribution in [0.25, 0.3) is 0 Å². The minimum Gasteiger partial charge on any atom is -0.462 e. The molecule has 1 aromatic heterocycles. The number of carbonyl (C=O) groups excluding carboxylic acids is 1. The third-order valence-electron chi connectivity index (χ3n) is 3.53. The summed E-state index contributed by atoms with van der Waals surface area (Å²) in [6, 6.07) is 3.52. The van der Waals surface area contributed by atoms with E-state index in [1.165, 1.54) is 32.4 Å². The average Bonchev–Trinajstić information content (AvgIpc) is 2.45. The van der Waals surface area contributed by atoms with E-state index in [0.717, 1.165) is 18.7 Å². The summed E-state index contributed by atoms with van der Waals surface area (Å²) in [5.74, 6) is -0.260. The van der Waals surface area contributed by atoms with Gasteiger partial charge in [0, 0.05) is 12.7 Å². The predicted octanol–water partition coefficient (Wildman–Crippen LogP) is 2.42. The highest BCUT2D eigenvalue weighted by molar-refractivity contribution is 5.90. The zero-order chi connectivity index (χ0) is 13.5. The summed E-state index contributed by atoms with van der Waals surface area (Å²) in [7, 11) is 0. The van der Waals surface area contributed by atoms with Crippen LogP contribution in [-0.4, -0.2) is 42.1 Å². The molecule has 0 bridgehead atoms. The molecule has 0 amide bonds. The first kappa shape index (κ1) is 14.0. The van der Waals surface area contributed by atoms with Crippen molar-refractivity contribution in [1.29, 1.82) is 0 Å². The lowest BCUT2D eigenvalue weighted by molar-refractivity contribution is 0.0484. The minimum absolute atomic E-state index is 0.260. The molecular formula is C15H22N2O2. The summed E-state index contributed by atoms with van der Waals surface area (Å²) in [6.07, 6.45) is 6.54. The van der Waals surface area contributed by atoms with Crippen molar-refractivity contribution < 1.29 is 9.53 Å². The first-order chi connectivity index (χ1) is 9.27.